The maximum absolute atomic E-state index is 12.1. The number of carbonyl (C=O) groups excluding carboxylic acids is 1. The average molecular weight is 296 g/mol. The third kappa shape index (κ3) is 3.03. The van der Waals surface area contributed by atoms with Crippen LogP contribution in [0, 0.1) is 0 Å². The zero-order chi connectivity index (χ0) is 15.5. The van der Waals surface area contributed by atoms with E-state index < -0.39 is 0 Å². The molecule has 0 bridgehead atoms. The molecule has 0 aromatic heterocycles. The van der Waals surface area contributed by atoms with Gasteiger partial charge in [0.05, 0.1) is 12.6 Å². The number of nitrogens with one attached hydrogen (secondary N) is 1. The van der Waals surface area contributed by atoms with Crippen molar-refractivity contribution in [3.8, 4) is 11.1 Å². The molecule has 1 N–H and O–H groups in total. The van der Waals surface area contributed by atoms with E-state index in [9.17, 15) is 4.79 Å². The first-order valence-corrected chi connectivity index (χ1v) is 7.44. The van der Waals surface area contributed by atoms with Crippen LogP contribution in [0.5, 0.6) is 0 Å². The van der Waals surface area contributed by atoms with E-state index in [0.717, 1.165) is 24.2 Å². The molecule has 0 saturated carbocycles. The number of hydrogen-bond donors (Lipinski definition) is 1. The maximum Gasteiger partial charge on any atom is 0.253 e. The topological polar surface area (TPSA) is 41.6 Å². The van der Waals surface area contributed by atoms with Crippen molar-refractivity contribution < 1.29 is 9.63 Å². The second-order valence-electron chi connectivity index (χ2n) is 5.71. The average Bonchev–Trinajstić information content (AvgIpc) is 3.09. The van der Waals surface area contributed by atoms with Crippen LogP contribution in [-0.2, 0) is 4.84 Å². The molecule has 22 heavy (non-hydrogen) atoms. The molecule has 114 valence electrons. The Labute approximate surface area is 130 Å². The molecule has 3 rings (SSSR count). The summed E-state index contributed by atoms with van der Waals surface area (Å²) >= 11 is 0. The fraction of sp³-hybridized carbons (Fsp3) is 0.278. The lowest BCUT2D eigenvalue weighted by Gasteiger charge is -2.13. The number of nitrogens with zero attached hydrogens (tertiary/aromatic N) is 1. The van der Waals surface area contributed by atoms with Crippen LogP contribution in [0.1, 0.15) is 28.4 Å². The summed E-state index contributed by atoms with van der Waals surface area (Å²) in [6.45, 7) is 0.738. The molecule has 4 heteroatoms. The van der Waals surface area contributed by atoms with E-state index in [1.54, 1.807) is 19.0 Å². The van der Waals surface area contributed by atoms with Gasteiger partial charge in [0, 0.05) is 19.7 Å². The standard InChI is InChI=1S/C18H20N2O2/c1-20(2)18(21)16-8-4-6-14(12-16)13-5-3-7-15(11-13)17-9-10-22-19-17/h3-8,11-12,17,19H,9-10H2,1-2H3/t17-/m1/s1. The number of carbonyl (C=O) groups is 1. The van der Waals surface area contributed by atoms with Crippen molar-refractivity contribution in [3.05, 3.63) is 59.7 Å². The molecule has 2 aromatic carbocycles. The molecule has 0 aliphatic carbocycles. The van der Waals surface area contributed by atoms with E-state index in [2.05, 4.69) is 23.7 Å². The molecule has 0 spiro atoms. The summed E-state index contributed by atoms with van der Waals surface area (Å²) < 4.78 is 0. The van der Waals surface area contributed by atoms with Gasteiger partial charge in [-0.15, -0.1) is 0 Å². The van der Waals surface area contributed by atoms with Crippen molar-refractivity contribution in [1.82, 2.24) is 10.4 Å². The first-order chi connectivity index (χ1) is 10.6. The number of hydroxylamine groups is 1. The van der Waals surface area contributed by atoms with Gasteiger partial charge in [0.25, 0.3) is 5.91 Å². The number of rotatable bonds is 3. The minimum atomic E-state index is 0.0175. The molecule has 1 atom stereocenters. The minimum absolute atomic E-state index is 0.0175. The van der Waals surface area contributed by atoms with Crippen molar-refractivity contribution >= 4 is 5.91 Å². The Morgan fingerprint density at radius 1 is 1.14 bits per heavy atom. The summed E-state index contributed by atoms with van der Waals surface area (Å²) in [5.74, 6) is 0.0175. The Balaban J connectivity index is 1.92. The molecule has 1 heterocycles. The largest absolute Gasteiger partial charge is 0.345 e. The quantitative estimate of drug-likeness (QED) is 0.946. The lowest BCUT2D eigenvalue weighted by atomic mass is 9.97. The molecule has 0 radical (unpaired) electrons. The van der Waals surface area contributed by atoms with Crippen LogP contribution >= 0.6 is 0 Å². The number of benzene rings is 2. The Bertz CT molecular complexity index is 676. The summed E-state index contributed by atoms with van der Waals surface area (Å²) in [6, 6.07) is 16.4. The van der Waals surface area contributed by atoms with Gasteiger partial charge in [-0.2, -0.15) is 5.48 Å². The van der Waals surface area contributed by atoms with Crippen molar-refractivity contribution in [3.63, 3.8) is 0 Å². The molecule has 1 aliphatic heterocycles. The highest BCUT2D eigenvalue weighted by Crippen LogP contribution is 2.27. The molecule has 1 saturated heterocycles. The van der Waals surface area contributed by atoms with Gasteiger partial charge in [-0.25, -0.2) is 0 Å². The van der Waals surface area contributed by atoms with Crippen molar-refractivity contribution in [1.29, 1.82) is 0 Å². The predicted molar refractivity (Wildman–Crippen MR) is 86.3 cm³/mol. The van der Waals surface area contributed by atoms with Crippen LogP contribution in [-0.4, -0.2) is 31.5 Å². The SMILES string of the molecule is CN(C)C(=O)c1cccc(-c2cccc([C@H]3CCON3)c2)c1. The van der Waals surface area contributed by atoms with E-state index in [-0.39, 0.29) is 11.9 Å². The Kier molecular flexibility index (Phi) is 4.22. The van der Waals surface area contributed by atoms with Gasteiger partial charge in [0.2, 0.25) is 0 Å². The van der Waals surface area contributed by atoms with E-state index in [1.165, 1.54) is 5.56 Å². The van der Waals surface area contributed by atoms with E-state index in [4.69, 9.17) is 4.84 Å². The molecule has 0 unspecified atom stereocenters. The van der Waals surface area contributed by atoms with Gasteiger partial charge in [0.15, 0.2) is 0 Å². The van der Waals surface area contributed by atoms with Gasteiger partial charge >= 0.3 is 0 Å². The number of hydrogen-bond acceptors (Lipinski definition) is 3. The van der Waals surface area contributed by atoms with Crippen LogP contribution in [0.3, 0.4) is 0 Å². The van der Waals surface area contributed by atoms with Crippen LogP contribution in [0.4, 0.5) is 0 Å². The first-order valence-electron chi connectivity index (χ1n) is 7.44. The fourth-order valence-corrected chi connectivity index (χ4v) is 2.65. The van der Waals surface area contributed by atoms with Crippen LogP contribution in [0.15, 0.2) is 48.5 Å². The Morgan fingerprint density at radius 2 is 1.86 bits per heavy atom. The van der Waals surface area contributed by atoms with Crippen molar-refractivity contribution in [2.75, 3.05) is 20.7 Å². The van der Waals surface area contributed by atoms with Crippen molar-refractivity contribution in [2.45, 2.75) is 12.5 Å². The highest BCUT2D eigenvalue weighted by atomic mass is 16.7. The van der Waals surface area contributed by atoms with Crippen LogP contribution in [0.2, 0.25) is 0 Å². The van der Waals surface area contributed by atoms with E-state index in [0.29, 0.717) is 5.56 Å². The van der Waals surface area contributed by atoms with Gasteiger partial charge in [-0.3, -0.25) is 4.79 Å². The molecule has 4 nitrogen and oxygen atoms in total. The van der Waals surface area contributed by atoms with E-state index in [1.807, 2.05) is 30.3 Å². The summed E-state index contributed by atoms with van der Waals surface area (Å²) in [7, 11) is 3.53. The normalized spacial score (nSPS) is 17.5. The first kappa shape index (κ1) is 14.8. The molecular formula is C18H20N2O2. The summed E-state index contributed by atoms with van der Waals surface area (Å²) in [5, 5.41) is 0. The summed E-state index contributed by atoms with van der Waals surface area (Å²) in [4.78, 5) is 18.9. The fourth-order valence-electron chi connectivity index (χ4n) is 2.65. The monoisotopic (exact) mass is 296 g/mol. The van der Waals surface area contributed by atoms with Gasteiger partial charge in [-0.05, 0) is 41.3 Å². The Hall–Kier alpha value is -2.17. The number of amides is 1. The second-order valence-corrected chi connectivity index (χ2v) is 5.71. The Morgan fingerprint density at radius 3 is 2.55 bits per heavy atom. The van der Waals surface area contributed by atoms with Gasteiger partial charge in [0.1, 0.15) is 0 Å². The zero-order valence-corrected chi connectivity index (χ0v) is 12.9. The second kappa shape index (κ2) is 6.30. The lowest BCUT2D eigenvalue weighted by Crippen LogP contribution is -2.21. The highest BCUT2D eigenvalue weighted by Gasteiger charge is 2.17. The molecule has 1 aliphatic rings. The molecule has 1 amide bonds. The molecule has 1 fully saturated rings. The van der Waals surface area contributed by atoms with E-state index >= 15 is 0 Å². The van der Waals surface area contributed by atoms with Gasteiger partial charge < -0.3 is 9.74 Å². The predicted octanol–water partition coefficient (Wildman–Crippen LogP) is 3.02. The molecular weight excluding hydrogens is 276 g/mol. The zero-order valence-electron chi connectivity index (χ0n) is 12.9. The third-order valence-corrected chi connectivity index (χ3v) is 3.87. The molecule has 2 aromatic rings. The lowest BCUT2D eigenvalue weighted by molar-refractivity contribution is 0.0827. The maximum atomic E-state index is 12.1. The third-order valence-electron chi connectivity index (χ3n) is 3.87. The van der Waals surface area contributed by atoms with Crippen molar-refractivity contribution in [2.24, 2.45) is 0 Å². The van der Waals surface area contributed by atoms with Crippen LogP contribution < -0.4 is 5.48 Å². The smallest absolute Gasteiger partial charge is 0.253 e. The minimum Gasteiger partial charge on any atom is -0.345 e. The summed E-state index contributed by atoms with van der Waals surface area (Å²) in [5.41, 5.74) is 7.11. The van der Waals surface area contributed by atoms with Gasteiger partial charge in [-0.1, -0.05) is 30.3 Å². The van der Waals surface area contributed by atoms with Crippen LogP contribution in [0.25, 0.3) is 11.1 Å². The summed E-state index contributed by atoms with van der Waals surface area (Å²) in [6.07, 6.45) is 0.975. The highest BCUT2D eigenvalue weighted by molar-refractivity contribution is 5.95.